The van der Waals surface area contributed by atoms with E-state index in [1.54, 1.807) is 7.11 Å². The van der Waals surface area contributed by atoms with Crippen LogP contribution in [0, 0.1) is 17.2 Å². The first-order valence-corrected chi connectivity index (χ1v) is 10.5. The van der Waals surface area contributed by atoms with Crippen molar-refractivity contribution in [3.8, 4) is 11.8 Å². The van der Waals surface area contributed by atoms with Gasteiger partial charge in [-0.2, -0.15) is 5.26 Å². The van der Waals surface area contributed by atoms with Crippen molar-refractivity contribution in [2.24, 2.45) is 5.92 Å². The van der Waals surface area contributed by atoms with Crippen LogP contribution < -0.4 is 4.74 Å². The fourth-order valence-electron chi connectivity index (χ4n) is 3.66. The van der Waals surface area contributed by atoms with Gasteiger partial charge in [-0.3, -0.25) is 4.90 Å². The van der Waals surface area contributed by atoms with Gasteiger partial charge in [0.15, 0.2) is 0 Å². The molecule has 0 aliphatic heterocycles. The highest BCUT2D eigenvalue weighted by molar-refractivity contribution is 5.33. The average molecular weight is 402 g/mol. The summed E-state index contributed by atoms with van der Waals surface area (Å²) in [4.78, 5) is 2.50. The van der Waals surface area contributed by atoms with Crippen LogP contribution in [0.2, 0.25) is 0 Å². The Labute approximate surface area is 180 Å². The molecule has 2 aromatic carbocycles. The summed E-state index contributed by atoms with van der Waals surface area (Å²) in [6, 6.07) is 23.1. The van der Waals surface area contributed by atoms with Gasteiger partial charge in [0.2, 0.25) is 0 Å². The molecule has 1 heterocycles. The lowest BCUT2D eigenvalue weighted by Gasteiger charge is -2.32. The first kappa shape index (κ1) is 21.7. The van der Waals surface area contributed by atoms with Crippen LogP contribution >= 0.6 is 0 Å². The maximum Gasteiger partial charge on any atom is 0.119 e. The maximum absolute atomic E-state index is 9.24. The van der Waals surface area contributed by atoms with Gasteiger partial charge < -0.3 is 9.30 Å². The normalized spacial score (nSPS) is 12.2. The topological polar surface area (TPSA) is 41.2 Å². The van der Waals surface area contributed by atoms with Crippen molar-refractivity contribution < 1.29 is 4.74 Å². The van der Waals surface area contributed by atoms with Crippen LogP contribution in [0.5, 0.6) is 5.75 Å². The molecule has 0 amide bonds. The van der Waals surface area contributed by atoms with Gasteiger partial charge in [0.25, 0.3) is 0 Å². The van der Waals surface area contributed by atoms with E-state index in [9.17, 15) is 5.26 Å². The van der Waals surface area contributed by atoms with Crippen LogP contribution in [-0.2, 0) is 19.6 Å². The smallest absolute Gasteiger partial charge is 0.119 e. The van der Waals surface area contributed by atoms with Crippen molar-refractivity contribution in [1.82, 2.24) is 9.47 Å². The summed E-state index contributed by atoms with van der Waals surface area (Å²) in [5, 5.41) is 9.24. The van der Waals surface area contributed by atoms with Crippen LogP contribution in [0.25, 0.3) is 0 Å². The molecule has 3 aromatic rings. The van der Waals surface area contributed by atoms with Crippen LogP contribution in [0.3, 0.4) is 0 Å². The van der Waals surface area contributed by atoms with E-state index in [0.29, 0.717) is 17.5 Å². The molecule has 0 saturated heterocycles. The highest BCUT2D eigenvalue weighted by atomic mass is 16.5. The van der Waals surface area contributed by atoms with Gasteiger partial charge in [0, 0.05) is 37.6 Å². The van der Waals surface area contributed by atoms with Crippen molar-refractivity contribution >= 4 is 0 Å². The third kappa shape index (κ3) is 5.52. The van der Waals surface area contributed by atoms with Crippen molar-refractivity contribution in [2.45, 2.75) is 46.4 Å². The summed E-state index contributed by atoms with van der Waals surface area (Å²) in [5.41, 5.74) is 4.39. The molecule has 0 bridgehead atoms. The minimum absolute atomic E-state index is 0.413. The molecule has 0 aliphatic carbocycles. The number of nitriles is 1. The number of nitrogens with zero attached hydrogens (tertiary/aromatic N) is 3. The Balaban J connectivity index is 1.81. The second kappa shape index (κ2) is 10.1. The van der Waals surface area contributed by atoms with Crippen LogP contribution in [-0.4, -0.2) is 22.6 Å². The first-order valence-electron chi connectivity index (χ1n) is 10.5. The summed E-state index contributed by atoms with van der Waals surface area (Å²) in [6.07, 6.45) is 2.14. The highest BCUT2D eigenvalue weighted by Crippen LogP contribution is 2.20. The Bertz CT molecular complexity index is 999. The fraction of sp³-hybridized carbons (Fsp3) is 0.346. The van der Waals surface area contributed by atoms with Crippen molar-refractivity contribution in [2.75, 3.05) is 7.11 Å². The quantitative estimate of drug-likeness (QED) is 0.478. The van der Waals surface area contributed by atoms with E-state index in [1.807, 2.05) is 30.3 Å². The molecule has 156 valence electrons. The molecular weight excluding hydrogens is 370 g/mol. The molecule has 0 saturated carbocycles. The van der Waals surface area contributed by atoms with Gasteiger partial charge in [-0.1, -0.05) is 38.1 Å². The first-order chi connectivity index (χ1) is 14.5. The van der Waals surface area contributed by atoms with E-state index in [4.69, 9.17) is 4.74 Å². The van der Waals surface area contributed by atoms with Crippen LogP contribution in [0.15, 0.2) is 66.9 Å². The zero-order valence-electron chi connectivity index (χ0n) is 18.4. The number of rotatable bonds is 9. The van der Waals surface area contributed by atoms with Gasteiger partial charge >= 0.3 is 0 Å². The Hall–Kier alpha value is -3.03. The Kier molecular flexibility index (Phi) is 7.32. The van der Waals surface area contributed by atoms with E-state index < -0.39 is 0 Å². The monoisotopic (exact) mass is 401 g/mol. The maximum atomic E-state index is 9.24. The Morgan fingerprint density at radius 2 is 1.73 bits per heavy atom. The lowest BCUT2D eigenvalue weighted by atomic mass is 10.0. The van der Waals surface area contributed by atoms with Crippen LogP contribution in [0.1, 0.15) is 43.2 Å². The van der Waals surface area contributed by atoms with Crippen molar-refractivity contribution in [1.29, 1.82) is 5.26 Å². The fourth-order valence-corrected chi connectivity index (χ4v) is 3.66. The standard InChI is InChI=1S/C26H31N3O/c1-20(2)21(3)29(18-23-9-5-8-22(14-23)16-27)19-25-11-7-13-28(25)17-24-10-6-12-26(15-24)30-4/h5-15,20-21H,17-19H2,1-4H3/t21-/m1/s1. The SMILES string of the molecule is COc1cccc(Cn2cccc2CN(Cc2cccc(C#N)c2)[C@H](C)C(C)C)c1. The zero-order chi connectivity index (χ0) is 21.5. The number of methoxy groups -OCH3 is 1. The van der Waals surface area contributed by atoms with Gasteiger partial charge in [0.05, 0.1) is 18.7 Å². The van der Waals surface area contributed by atoms with E-state index in [0.717, 1.165) is 25.4 Å². The molecule has 4 nitrogen and oxygen atoms in total. The lowest BCUT2D eigenvalue weighted by molar-refractivity contribution is 0.148. The lowest BCUT2D eigenvalue weighted by Crippen LogP contribution is -2.36. The summed E-state index contributed by atoms with van der Waals surface area (Å²) in [7, 11) is 1.70. The molecule has 0 spiro atoms. The second-order valence-electron chi connectivity index (χ2n) is 8.18. The molecule has 4 heteroatoms. The van der Waals surface area contributed by atoms with Crippen LogP contribution in [0.4, 0.5) is 0 Å². The van der Waals surface area contributed by atoms with E-state index in [1.165, 1.54) is 16.8 Å². The number of hydrogen-bond acceptors (Lipinski definition) is 3. The Morgan fingerprint density at radius 1 is 0.967 bits per heavy atom. The predicted molar refractivity (Wildman–Crippen MR) is 121 cm³/mol. The number of aromatic nitrogens is 1. The molecule has 0 radical (unpaired) electrons. The Morgan fingerprint density at radius 3 is 2.47 bits per heavy atom. The zero-order valence-corrected chi connectivity index (χ0v) is 18.4. The summed E-state index contributed by atoms with van der Waals surface area (Å²) >= 11 is 0. The molecule has 0 aliphatic rings. The molecular formula is C26H31N3O. The van der Waals surface area contributed by atoms with Gasteiger partial charge in [-0.15, -0.1) is 0 Å². The van der Waals surface area contributed by atoms with E-state index >= 15 is 0 Å². The molecule has 0 N–H and O–H groups in total. The summed E-state index contributed by atoms with van der Waals surface area (Å²) in [6.45, 7) is 9.30. The predicted octanol–water partition coefficient (Wildman–Crippen LogP) is 5.46. The number of benzene rings is 2. The summed E-state index contributed by atoms with van der Waals surface area (Å²) < 4.78 is 7.68. The second-order valence-corrected chi connectivity index (χ2v) is 8.18. The van der Waals surface area contributed by atoms with Gasteiger partial charge in [-0.25, -0.2) is 0 Å². The highest BCUT2D eigenvalue weighted by Gasteiger charge is 2.19. The van der Waals surface area contributed by atoms with E-state index in [-0.39, 0.29) is 0 Å². The molecule has 1 aromatic heterocycles. The third-order valence-corrected chi connectivity index (χ3v) is 5.76. The molecule has 0 unspecified atom stereocenters. The van der Waals surface area contributed by atoms with E-state index in [2.05, 4.69) is 72.8 Å². The number of hydrogen-bond donors (Lipinski definition) is 0. The molecule has 3 rings (SSSR count). The minimum atomic E-state index is 0.413. The largest absolute Gasteiger partial charge is 0.497 e. The molecule has 1 atom stereocenters. The average Bonchev–Trinajstić information content (AvgIpc) is 3.19. The molecule has 0 fully saturated rings. The number of ether oxygens (including phenoxy) is 1. The third-order valence-electron chi connectivity index (χ3n) is 5.76. The minimum Gasteiger partial charge on any atom is -0.497 e. The molecule has 30 heavy (non-hydrogen) atoms. The van der Waals surface area contributed by atoms with Gasteiger partial charge in [0.1, 0.15) is 5.75 Å². The van der Waals surface area contributed by atoms with Crippen molar-refractivity contribution in [3.05, 3.63) is 89.2 Å². The van der Waals surface area contributed by atoms with Gasteiger partial charge in [-0.05, 0) is 60.4 Å². The van der Waals surface area contributed by atoms with Crippen molar-refractivity contribution in [3.63, 3.8) is 0 Å². The summed E-state index contributed by atoms with van der Waals surface area (Å²) in [5.74, 6) is 1.42.